The maximum atomic E-state index is 13.0. The number of rotatable bonds is 3. The number of fused-ring (bicyclic) bond motifs is 2. The molecular formula is C21H17N7O5. The van der Waals surface area contributed by atoms with Gasteiger partial charge in [0.25, 0.3) is 17.8 Å². The molecule has 0 fully saturated rings. The van der Waals surface area contributed by atoms with Crippen molar-refractivity contribution in [2.45, 2.75) is 6.92 Å². The summed E-state index contributed by atoms with van der Waals surface area (Å²) in [6.07, 6.45) is 1.46. The number of hydrogen-bond acceptors (Lipinski definition) is 9. The Hall–Kier alpha value is -4.61. The lowest BCUT2D eigenvalue weighted by molar-refractivity contribution is -0.118. The number of ether oxygens (including phenoxy) is 1. The Morgan fingerprint density at radius 1 is 1.21 bits per heavy atom. The van der Waals surface area contributed by atoms with Gasteiger partial charge in [0, 0.05) is 24.7 Å². The van der Waals surface area contributed by atoms with Gasteiger partial charge in [-0.3, -0.25) is 14.6 Å². The van der Waals surface area contributed by atoms with Crippen LogP contribution in [0.4, 0.5) is 5.82 Å². The maximum Gasteiger partial charge on any atom is 0.349 e. The average molecular weight is 447 g/mol. The van der Waals surface area contributed by atoms with Crippen LogP contribution in [0.5, 0.6) is 5.75 Å². The van der Waals surface area contributed by atoms with E-state index in [4.69, 9.17) is 9.15 Å². The van der Waals surface area contributed by atoms with Gasteiger partial charge in [-0.25, -0.2) is 4.79 Å². The molecule has 0 radical (unpaired) electrons. The van der Waals surface area contributed by atoms with Gasteiger partial charge in [-0.2, -0.15) is 24.9 Å². The molecule has 0 aliphatic carbocycles. The topological polar surface area (TPSA) is 144 Å². The molecule has 0 saturated carbocycles. The number of para-hydroxylation sites is 1. The number of aryl methyl sites for hydroxylation is 1. The summed E-state index contributed by atoms with van der Waals surface area (Å²) in [5.74, 6) is -0.876. The van der Waals surface area contributed by atoms with Crippen molar-refractivity contribution in [1.29, 1.82) is 0 Å². The summed E-state index contributed by atoms with van der Waals surface area (Å²) in [7, 11) is 3.12. The van der Waals surface area contributed by atoms with E-state index in [1.165, 1.54) is 29.1 Å². The van der Waals surface area contributed by atoms with E-state index in [1.807, 2.05) is 0 Å². The van der Waals surface area contributed by atoms with Crippen LogP contribution in [0.25, 0.3) is 11.0 Å². The number of nitrogens with one attached hydrogen (secondary N) is 1. The first-order chi connectivity index (χ1) is 15.9. The van der Waals surface area contributed by atoms with Crippen LogP contribution in [0.2, 0.25) is 0 Å². The van der Waals surface area contributed by atoms with E-state index >= 15 is 0 Å². The zero-order chi connectivity index (χ0) is 23.3. The van der Waals surface area contributed by atoms with Crippen LogP contribution in [0.15, 0.2) is 54.6 Å². The van der Waals surface area contributed by atoms with Crippen molar-refractivity contribution in [1.82, 2.24) is 14.8 Å². The van der Waals surface area contributed by atoms with Gasteiger partial charge in [-0.15, -0.1) is 0 Å². The van der Waals surface area contributed by atoms with Gasteiger partial charge in [0.15, 0.2) is 11.3 Å². The Labute approximate surface area is 185 Å². The number of methoxy groups -OCH3 is 1. The highest BCUT2D eigenvalue weighted by atomic mass is 16.5. The molecule has 2 aromatic heterocycles. The van der Waals surface area contributed by atoms with Crippen molar-refractivity contribution in [2.24, 2.45) is 21.0 Å². The minimum absolute atomic E-state index is 0.0257. The smallest absolute Gasteiger partial charge is 0.349 e. The third-order valence-corrected chi connectivity index (χ3v) is 5.14. The van der Waals surface area contributed by atoms with E-state index in [0.29, 0.717) is 22.7 Å². The number of amides is 2. The Balaban J connectivity index is 1.50. The molecule has 1 aromatic carbocycles. The second-order valence-electron chi connectivity index (χ2n) is 7.35. The van der Waals surface area contributed by atoms with Crippen LogP contribution in [0.3, 0.4) is 0 Å². The van der Waals surface area contributed by atoms with Gasteiger partial charge in [-0.1, -0.05) is 12.1 Å². The fourth-order valence-electron chi connectivity index (χ4n) is 3.56. The number of aliphatic imine (C=N–C) groups is 2. The minimum atomic E-state index is -0.828. The SMILES string of the molecule is COc1cccc2cc(C(=O)Nc3cc(C)nn3C3=NC(=O)C4C=NN(C)C4=N3)c(=O)oc12. The summed E-state index contributed by atoms with van der Waals surface area (Å²) in [5, 5.41) is 13.0. The predicted octanol–water partition coefficient (Wildman–Crippen LogP) is 1.25. The van der Waals surface area contributed by atoms with E-state index in [0.717, 1.165) is 0 Å². The van der Waals surface area contributed by atoms with Gasteiger partial charge in [0.1, 0.15) is 23.1 Å². The van der Waals surface area contributed by atoms with E-state index in [2.05, 4.69) is 25.5 Å². The molecule has 1 atom stereocenters. The summed E-state index contributed by atoms with van der Waals surface area (Å²) in [6, 6.07) is 8.05. The Kier molecular flexibility index (Phi) is 4.62. The molecule has 12 heteroatoms. The number of nitrogens with zero attached hydrogens (tertiary/aromatic N) is 6. The zero-order valence-corrected chi connectivity index (χ0v) is 17.8. The molecule has 2 amide bonds. The predicted molar refractivity (Wildman–Crippen MR) is 119 cm³/mol. The minimum Gasteiger partial charge on any atom is -0.493 e. The largest absolute Gasteiger partial charge is 0.493 e. The molecule has 0 bridgehead atoms. The second kappa shape index (κ2) is 7.51. The highest BCUT2D eigenvalue weighted by molar-refractivity contribution is 6.24. The highest BCUT2D eigenvalue weighted by Crippen LogP contribution is 2.25. The fourth-order valence-corrected chi connectivity index (χ4v) is 3.56. The normalized spacial score (nSPS) is 17.1. The van der Waals surface area contributed by atoms with E-state index in [1.54, 1.807) is 38.2 Å². The number of aromatic nitrogens is 2. The van der Waals surface area contributed by atoms with Crippen LogP contribution >= 0.6 is 0 Å². The van der Waals surface area contributed by atoms with Gasteiger partial charge >= 0.3 is 5.63 Å². The van der Waals surface area contributed by atoms with Crippen LogP contribution in [-0.2, 0) is 4.79 Å². The van der Waals surface area contributed by atoms with Crippen LogP contribution in [-0.4, -0.2) is 58.8 Å². The lowest BCUT2D eigenvalue weighted by Crippen LogP contribution is -2.35. The van der Waals surface area contributed by atoms with Crippen molar-refractivity contribution in [3.63, 3.8) is 0 Å². The Bertz CT molecular complexity index is 1480. The molecule has 12 nitrogen and oxygen atoms in total. The fraction of sp³-hybridized carbons (Fsp3) is 0.190. The van der Waals surface area contributed by atoms with E-state index in [-0.39, 0.29) is 22.9 Å². The molecule has 0 saturated heterocycles. The molecule has 5 rings (SSSR count). The lowest BCUT2D eigenvalue weighted by atomic mass is 10.1. The molecule has 2 aliphatic rings. The van der Waals surface area contributed by atoms with Crippen LogP contribution in [0, 0.1) is 12.8 Å². The van der Waals surface area contributed by atoms with Gasteiger partial charge in [-0.05, 0) is 19.1 Å². The molecular weight excluding hydrogens is 430 g/mol. The van der Waals surface area contributed by atoms with E-state index in [9.17, 15) is 14.4 Å². The first-order valence-corrected chi connectivity index (χ1v) is 9.84. The Morgan fingerprint density at radius 2 is 2.03 bits per heavy atom. The molecule has 3 aromatic rings. The summed E-state index contributed by atoms with van der Waals surface area (Å²) < 4.78 is 11.8. The number of anilines is 1. The quantitative estimate of drug-likeness (QED) is 0.595. The van der Waals surface area contributed by atoms with E-state index < -0.39 is 23.4 Å². The zero-order valence-electron chi connectivity index (χ0n) is 17.8. The molecule has 2 aliphatic heterocycles. The van der Waals surface area contributed by atoms with Gasteiger partial charge in [0.2, 0.25) is 0 Å². The number of hydrogen-bond donors (Lipinski definition) is 1. The third kappa shape index (κ3) is 3.37. The summed E-state index contributed by atoms with van der Waals surface area (Å²) in [4.78, 5) is 46.3. The summed E-state index contributed by atoms with van der Waals surface area (Å²) >= 11 is 0. The van der Waals surface area contributed by atoms with Crippen molar-refractivity contribution in [2.75, 3.05) is 19.5 Å². The van der Waals surface area contributed by atoms with Crippen molar-refractivity contribution in [3.05, 3.63) is 52.0 Å². The van der Waals surface area contributed by atoms with Crippen molar-refractivity contribution in [3.8, 4) is 5.75 Å². The molecule has 33 heavy (non-hydrogen) atoms. The molecule has 1 unspecified atom stereocenters. The molecule has 4 heterocycles. The number of carbonyl (C=O) groups is 2. The van der Waals surface area contributed by atoms with Gasteiger partial charge in [0.05, 0.1) is 12.8 Å². The first-order valence-electron chi connectivity index (χ1n) is 9.84. The molecule has 166 valence electrons. The van der Waals surface area contributed by atoms with Crippen LogP contribution in [0.1, 0.15) is 16.1 Å². The number of amidine groups is 1. The number of carbonyl (C=O) groups excluding carboxylic acids is 2. The standard InChI is InChI=1S/C21H17N7O5/c1-10-7-15(28(26-10)21-24-17-13(19(30)25-21)9-22-27(17)2)23-18(29)12-8-11-5-4-6-14(32-3)16(11)33-20(12)31/h4-9,13H,1-3H3,(H,23,29). The average Bonchev–Trinajstić information content (AvgIpc) is 3.35. The number of hydrazone groups is 1. The van der Waals surface area contributed by atoms with Gasteiger partial charge < -0.3 is 14.5 Å². The lowest BCUT2D eigenvalue weighted by Gasteiger charge is -2.17. The Morgan fingerprint density at radius 3 is 2.82 bits per heavy atom. The van der Waals surface area contributed by atoms with Crippen molar-refractivity contribution >= 4 is 46.6 Å². The monoisotopic (exact) mass is 447 g/mol. The number of benzene rings is 1. The first kappa shape index (κ1) is 20.3. The molecule has 0 spiro atoms. The highest BCUT2D eigenvalue weighted by Gasteiger charge is 2.35. The van der Waals surface area contributed by atoms with Crippen molar-refractivity contribution < 1.29 is 18.7 Å². The summed E-state index contributed by atoms with van der Waals surface area (Å²) in [5.41, 5.74) is -0.261. The second-order valence-corrected chi connectivity index (χ2v) is 7.35. The summed E-state index contributed by atoms with van der Waals surface area (Å²) in [6.45, 7) is 1.70. The van der Waals surface area contributed by atoms with Crippen LogP contribution < -0.4 is 15.7 Å². The molecule has 1 N–H and O–H groups in total. The maximum absolute atomic E-state index is 13.0. The third-order valence-electron chi connectivity index (χ3n) is 5.14.